The van der Waals surface area contributed by atoms with Gasteiger partial charge in [-0.15, -0.1) is 0 Å². The summed E-state index contributed by atoms with van der Waals surface area (Å²) >= 11 is 11.7. The lowest BCUT2D eigenvalue weighted by atomic mass is 10.0. The summed E-state index contributed by atoms with van der Waals surface area (Å²) in [4.78, 5) is 25.9. The zero-order valence-electron chi connectivity index (χ0n) is 33.0. The van der Waals surface area contributed by atoms with Gasteiger partial charge in [0, 0.05) is 21.2 Å². The lowest BCUT2D eigenvalue weighted by Crippen LogP contribution is -2.24. The number of fused-ring (bicyclic) bond motifs is 2. The summed E-state index contributed by atoms with van der Waals surface area (Å²) in [5.74, 6) is -4.29. The Hall–Kier alpha value is -6.46. The van der Waals surface area contributed by atoms with Gasteiger partial charge in [0.15, 0.2) is 19.7 Å². The average Bonchev–Trinajstić information content (AvgIpc) is 3.27. The topological polar surface area (TPSA) is 147 Å². The van der Waals surface area contributed by atoms with Gasteiger partial charge in [-0.2, -0.15) is 0 Å². The molecule has 328 valence electrons. The highest BCUT2D eigenvalue weighted by atomic mass is 35.5. The lowest BCUT2D eigenvalue weighted by Gasteiger charge is -2.21. The van der Waals surface area contributed by atoms with Crippen LogP contribution in [0.2, 0.25) is 10.0 Å². The molecular weight excluding hydrogens is 924 g/mol. The van der Waals surface area contributed by atoms with Gasteiger partial charge in [0.05, 0.1) is 34.8 Å². The fourth-order valence-electron chi connectivity index (χ4n) is 7.00. The van der Waals surface area contributed by atoms with E-state index < -0.39 is 92.7 Å². The highest BCUT2D eigenvalue weighted by Crippen LogP contribution is 2.43. The standard InChI is InChI=1S/2C23H15ClF2O5S/c1-30-21-16-4-2-3-5-19(16)31-23(27)20(21)22(17-12-14(25)8-11-18(17)26)32(28,29)15-9-6-13(24)7-10-15;1-30-23-20(21(27)16-4-2-3-5-19(16)31-23)22(17-12-14(25)8-11-18(17)26)32(28,29)15-9-6-13(24)7-10-15/h2*2-12,22H,1H3. The van der Waals surface area contributed by atoms with Crippen molar-refractivity contribution in [2.24, 2.45) is 0 Å². The van der Waals surface area contributed by atoms with Gasteiger partial charge in [-0.3, -0.25) is 4.79 Å². The van der Waals surface area contributed by atoms with E-state index in [0.717, 1.165) is 36.4 Å². The zero-order chi connectivity index (χ0) is 46.1. The Kier molecular flexibility index (Phi) is 13.0. The molecule has 2 heterocycles. The first-order chi connectivity index (χ1) is 30.5. The number of methoxy groups -OCH3 is 2. The molecule has 8 rings (SSSR count). The van der Waals surface area contributed by atoms with Gasteiger partial charge in [0.1, 0.15) is 61.8 Å². The van der Waals surface area contributed by atoms with Crippen LogP contribution in [0.5, 0.6) is 11.7 Å². The Morgan fingerprint density at radius 1 is 0.531 bits per heavy atom. The first kappa shape index (κ1) is 45.6. The van der Waals surface area contributed by atoms with Crippen LogP contribution in [-0.4, -0.2) is 31.1 Å². The van der Waals surface area contributed by atoms with Crippen molar-refractivity contribution >= 4 is 64.8 Å². The first-order valence-corrected chi connectivity index (χ1v) is 22.4. The molecule has 2 unspecified atom stereocenters. The van der Waals surface area contributed by atoms with Crippen LogP contribution in [0.15, 0.2) is 162 Å². The van der Waals surface area contributed by atoms with E-state index in [9.17, 15) is 44.0 Å². The highest BCUT2D eigenvalue weighted by Gasteiger charge is 2.40. The zero-order valence-corrected chi connectivity index (χ0v) is 36.2. The molecule has 2 aromatic heterocycles. The summed E-state index contributed by atoms with van der Waals surface area (Å²) in [7, 11) is -6.55. The van der Waals surface area contributed by atoms with Crippen molar-refractivity contribution in [3.8, 4) is 11.7 Å². The Morgan fingerprint density at radius 2 is 0.969 bits per heavy atom. The second kappa shape index (κ2) is 18.3. The van der Waals surface area contributed by atoms with Crippen molar-refractivity contribution < 1.29 is 52.7 Å². The fourth-order valence-corrected chi connectivity index (χ4v) is 10.9. The summed E-state index contributed by atoms with van der Waals surface area (Å²) in [5, 5.41) is -2.97. The van der Waals surface area contributed by atoms with E-state index >= 15 is 0 Å². The molecule has 0 aliphatic carbocycles. The molecule has 10 nitrogen and oxygen atoms in total. The number of benzene rings is 6. The van der Waals surface area contributed by atoms with Gasteiger partial charge in [-0.25, -0.2) is 39.2 Å². The molecule has 0 N–H and O–H groups in total. The molecule has 64 heavy (non-hydrogen) atoms. The Labute approximate surface area is 371 Å². The maximum absolute atomic E-state index is 14.9. The van der Waals surface area contributed by atoms with E-state index in [0.29, 0.717) is 5.39 Å². The summed E-state index contributed by atoms with van der Waals surface area (Å²) in [5.41, 5.74) is -3.53. The molecule has 18 heteroatoms. The number of hydrogen-bond donors (Lipinski definition) is 0. The van der Waals surface area contributed by atoms with E-state index in [-0.39, 0.29) is 42.1 Å². The van der Waals surface area contributed by atoms with Crippen LogP contribution < -0.4 is 20.5 Å². The van der Waals surface area contributed by atoms with Gasteiger partial charge >= 0.3 is 5.63 Å². The first-order valence-electron chi connectivity index (χ1n) is 18.6. The third-order valence-electron chi connectivity index (χ3n) is 9.90. The van der Waals surface area contributed by atoms with E-state index in [1.807, 2.05) is 0 Å². The Bertz CT molecular complexity index is 3280. The molecule has 0 radical (unpaired) electrons. The molecule has 0 amide bonds. The molecule has 0 aliphatic rings. The Morgan fingerprint density at radius 3 is 1.44 bits per heavy atom. The molecule has 0 bridgehead atoms. The molecule has 0 spiro atoms. The second-order valence-electron chi connectivity index (χ2n) is 13.8. The molecule has 8 aromatic rings. The van der Waals surface area contributed by atoms with E-state index in [1.54, 1.807) is 30.3 Å². The predicted octanol–water partition coefficient (Wildman–Crippen LogP) is 10.6. The van der Waals surface area contributed by atoms with Crippen molar-refractivity contribution in [1.82, 2.24) is 0 Å². The van der Waals surface area contributed by atoms with Gasteiger partial charge in [0.2, 0.25) is 5.43 Å². The van der Waals surface area contributed by atoms with Crippen molar-refractivity contribution in [1.29, 1.82) is 0 Å². The van der Waals surface area contributed by atoms with E-state index in [4.69, 9.17) is 41.5 Å². The molecule has 0 aliphatic heterocycles. The number of ether oxygens (including phenoxy) is 2. The van der Waals surface area contributed by atoms with Crippen LogP contribution in [0.3, 0.4) is 0 Å². The smallest absolute Gasteiger partial charge is 0.344 e. The second-order valence-corrected chi connectivity index (χ2v) is 18.7. The number of halogens is 6. The predicted molar refractivity (Wildman–Crippen MR) is 232 cm³/mol. The van der Waals surface area contributed by atoms with Crippen LogP contribution in [0.25, 0.3) is 21.9 Å². The number of para-hydroxylation sites is 2. The monoisotopic (exact) mass is 952 g/mol. The molecular formula is C46H30Cl2F4O10S2. The van der Waals surface area contributed by atoms with Crippen LogP contribution in [0, 0.1) is 23.3 Å². The maximum Gasteiger partial charge on any atom is 0.344 e. The van der Waals surface area contributed by atoms with E-state index in [1.165, 1.54) is 80.9 Å². The molecule has 0 saturated carbocycles. The number of rotatable bonds is 10. The van der Waals surface area contributed by atoms with Crippen molar-refractivity contribution in [3.63, 3.8) is 0 Å². The van der Waals surface area contributed by atoms with Gasteiger partial charge < -0.3 is 18.3 Å². The largest absolute Gasteiger partial charge is 0.495 e. The third-order valence-corrected chi connectivity index (χ3v) is 14.5. The number of sulfone groups is 2. The lowest BCUT2D eigenvalue weighted by molar-refractivity contribution is 0.304. The minimum Gasteiger partial charge on any atom is -0.495 e. The van der Waals surface area contributed by atoms with Crippen molar-refractivity contribution in [3.05, 3.63) is 210 Å². The highest BCUT2D eigenvalue weighted by molar-refractivity contribution is 7.92. The molecule has 0 fully saturated rings. The number of hydrogen-bond acceptors (Lipinski definition) is 10. The van der Waals surface area contributed by atoms with Crippen molar-refractivity contribution in [2.45, 2.75) is 20.3 Å². The van der Waals surface area contributed by atoms with Crippen LogP contribution in [0.4, 0.5) is 17.6 Å². The summed E-state index contributed by atoms with van der Waals surface area (Å²) in [6.07, 6.45) is 0. The molecule has 6 aromatic carbocycles. The van der Waals surface area contributed by atoms with Crippen LogP contribution >= 0.6 is 23.2 Å². The normalized spacial score (nSPS) is 12.6. The maximum atomic E-state index is 14.9. The summed E-state index contributed by atoms with van der Waals surface area (Å²) < 4.78 is 134. The van der Waals surface area contributed by atoms with Crippen LogP contribution in [0.1, 0.15) is 32.8 Å². The quantitative estimate of drug-likeness (QED) is 0.0958. The summed E-state index contributed by atoms with van der Waals surface area (Å²) in [6.45, 7) is 0. The molecule has 0 saturated heterocycles. The minimum atomic E-state index is -4.49. The SMILES string of the molecule is COc1c(C(c2cc(F)ccc2F)S(=O)(=O)c2ccc(Cl)cc2)c(=O)oc2ccccc12.COc1oc2ccccc2c(=O)c1C(c1cc(F)ccc1F)S(=O)(=O)c1ccc(Cl)cc1. The van der Waals surface area contributed by atoms with Crippen molar-refractivity contribution in [2.75, 3.05) is 14.2 Å². The Balaban J connectivity index is 0.000000191. The third kappa shape index (κ3) is 8.73. The van der Waals surface area contributed by atoms with E-state index in [2.05, 4.69) is 0 Å². The fraction of sp³-hybridized carbons (Fsp3) is 0.0870. The average molecular weight is 954 g/mol. The minimum absolute atomic E-state index is 0.0661. The van der Waals surface area contributed by atoms with Crippen LogP contribution in [-0.2, 0) is 19.7 Å². The molecule has 2 atom stereocenters. The van der Waals surface area contributed by atoms with Gasteiger partial charge in [-0.1, -0.05) is 47.5 Å². The summed E-state index contributed by atoms with van der Waals surface area (Å²) in [6, 6.07) is 27.5. The van der Waals surface area contributed by atoms with Gasteiger partial charge in [-0.05, 0) is 109 Å². The van der Waals surface area contributed by atoms with Gasteiger partial charge in [0.25, 0.3) is 5.95 Å².